The Balaban J connectivity index is 2.68. The first kappa shape index (κ1) is 7.03. The minimum Gasteiger partial charge on any atom is -0.355 e. The third kappa shape index (κ3) is 0.830. The Labute approximate surface area is 69.1 Å². The van der Waals surface area contributed by atoms with Crippen LogP contribution < -0.4 is 0 Å². The molecule has 3 nitrogen and oxygen atoms in total. The van der Waals surface area contributed by atoms with Gasteiger partial charge in [-0.25, -0.2) is 0 Å². The van der Waals surface area contributed by atoms with E-state index in [4.69, 9.17) is 0 Å². The molecule has 1 heterocycles. The van der Waals surface area contributed by atoms with Crippen molar-refractivity contribution in [1.82, 2.24) is 4.98 Å². The van der Waals surface area contributed by atoms with Crippen LogP contribution >= 0.6 is 0 Å². The van der Waals surface area contributed by atoms with E-state index in [0.717, 1.165) is 5.69 Å². The maximum absolute atomic E-state index is 11.2. The maximum Gasteiger partial charge on any atom is 0.202 e. The lowest BCUT2D eigenvalue weighted by molar-refractivity contribution is 0.0992. The summed E-state index contributed by atoms with van der Waals surface area (Å²) in [6, 6.07) is 1.69. The van der Waals surface area contributed by atoms with E-state index in [9.17, 15) is 9.59 Å². The molecule has 60 valence electrons. The number of carbonyl (C=O) groups is 2. The normalized spacial score (nSPS) is 15.1. The summed E-state index contributed by atoms with van der Waals surface area (Å²) in [6.45, 7) is 1.82. The van der Waals surface area contributed by atoms with Gasteiger partial charge < -0.3 is 4.98 Å². The fourth-order valence-electron chi connectivity index (χ4n) is 1.30. The van der Waals surface area contributed by atoms with Gasteiger partial charge in [-0.2, -0.15) is 0 Å². The summed E-state index contributed by atoms with van der Waals surface area (Å²) in [4.78, 5) is 25.2. The molecule has 0 aromatic carbocycles. The van der Waals surface area contributed by atoms with Crippen molar-refractivity contribution >= 4 is 11.6 Å². The number of ketones is 2. The Kier molecular flexibility index (Phi) is 1.27. The quantitative estimate of drug-likeness (QED) is 0.622. The summed E-state index contributed by atoms with van der Waals surface area (Å²) in [5, 5.41) is 0. The molecule has 0 radical (unpaired) electrons. The Hall–Kier alpha value is -1.64. The zero-order chi connectivity index (χ0) is 8.72. The van der Waals surface area contributed by atoms with Crippen LogP contribution in [-0.2, 0) is 0 Å². The lowest BCUT2D eigenvalue weighted by Crippen LogP contribution is -2.09. The van der Waals surface area contributed by atoms with Crippen LogP contribution in [0.15, 0.2) is 18.2 Å². The van der Waals surface area contributed by atoms with Crippen LogP contribution in [-0.4, -0.2) is 16.6 Å². The van der Waals surface area contributed by atoms with Crippen LogP contribution in [0.5, 0.6) is 0 Å². The van der Waals surface area contributed by atoms with Gasteiger partial charge in [0.15, 0.2) is 5.78 Å². The molecule has 0 saturated carbocycles. The molecule has 12 heavy (non-hydrogen) atoms. The van der Waals surface area contributed by atoms with Crippen molar-refractivity contribution in [2.24, 2.45) is 0 Å². The zero-order valence-corrected chi connectivity index (χ0v) is 6.55. The highest BCUT2D eigenvalue weighted by atomic mass is 16.1. The second-order valence-corrected chi connectivity index (χ2v) is 2.80. The summed E-state index contributed by atoms with van der Waals surface area (Å²) in [7, 11) is 0. The molecule has 0 aliphatic heterocycles. The average Bonchev–Trinajstić information content (AvgIpc) is 2.41. The van der Waals surface area contributed by atoms with Gasteiger partial charge >= 0.3 is 0 Å². The number of aryl methyl sites for hydroxylation is 1. The molecule has 0 spiro atoms. The van der Waals surface area contributed by atoms with Gasteiger partial charge in [-0.3, -0.25) is 9.59 Å². The summed E-state index contributed by atoms with van der Waals surface area (Å²) in [5.74, 6) is -0.230. The minimum absolute atomic E-state index is 0.103. The zero-order valence-electron chi connectivity index (χ0n) is 6.55. The van der Waals surface area contributed by atoms with Crippen LogP contribution in [0.2, 0.25) is 0 Å². The first-order valence-corrected chi connectivity index (χ1v) is 3.65. The summed E-state index contributed by atoms with van der Waals surface area (Å²) in [6.07, 6.45) is 2.60. The molecule has 1 aromatic rings. The van der Waals surface area contributed by atoms with Crippen LogP contribution in [0.1, 0.15) is 26.5 Å². The van der Waals surface area contributed by atoms with Gasteiger partial charge in [-0.05, 0) is 25.1 Å². The number of H-pyrrole nitrogens is 1. The highest BCUT2D eigenvalue weighted by Gasteiger charge is 2.20. The first-order chi connectivity index (χ1) is 5.68. The van der Waals surface area contributed by atoms with Crippen molar-refractivity contribution in [3.05, 3.63) is 35.2 Å². The van der Waals surface area contributed by atoms with E-state index < -0.39 is 0 Å². The summed E-state index contributed by atoms with van der Waals surface area (Å²) >= 11 is 0. The molecular formula is C9H7NO2. The molecule has 0 unspecified atom stereocenters. The van der Waals surface area contributed by atoms with E-state index in [1.165, 1.54) is 12.2 Å². The van der Waals surface area contributed by atoms with Crippen molar-refractivity contribution in [2.45, 2.75) is 6.92 Å². The number of carbonyl (C=O) groups excluding carboxylic acids is 2. The largest absolute Gasteiger partial charge is 0.355 e. The lowest BCUT2D eigenvalue weighted by atomic mass is 10.0. The molecule has 1 aromatic heterocycles. The fraction of sp³-hybridized carbons (Fsp3) is 0.111. The van der Waals surface area contributed by atoms with Gasteiger partial charge in [0.25, 0.3) is 0 Å². The third-order valence-electron chi connectivity index (χ3n) is 1.85. The number of rotatable bonds is 0. The standard InChI is InChI=1S/C9H7NO2/c1-5-4-6-7(11)2-3-8(12)9(6)10-5/h2-4,10H,1H3. The molecule has 0 bridgehead atoms. The van der Waals surface area contributed by atoms with Crippen molar-refractivity contribution in [2.75, 3.05) is 0 Å². The highest BCUT2D eigenvalue weighted by Crippen LogP contribution is 2.16. The number of aromatic nitrogens is 1. The summed E-state index contributed by atoms with van der Waals surface area (Å²) in [5.41, 5.74) is 1.74. The second-order valence-electron chi connectivity index (χ2n) is 2.80. The van der Waals surface area contributed by atoms with Gasteiger partial charge in [0, 0.05) is 5.69 Å². The number of allylic oxidation sites excluding steroid dienone is 2. The Bertz CT molecular complexity index is 363. The lowest BCUT2D eigenvalue weighted by Gasteiger charge is -2.00. The van der Waals surface area contributed by atoms with Gasteiger partial charge in [-0.15, -0.1) is 0 Å². The van der Waals surface area contributed by atoms with Gasteiger partial charge in [0.1, 0.15) is 0 Å². The van der Waals surface area contributed by atoms with E-state index in [1.807, 2.05) is 6.92 Å². The predicted octanol–water partition coefficient (Wildman–Crippen LogP) is 1.26. The Morgan fingerprint density at radius 2 is 1.83 bits per heavy atom. The molecule has 0 saturated heterocycles. The molecular weight excluding hydrogens is 154 g/mol. The van der Waals surface area contributed by atoms with Crippen molar-refractivity contribution < 1.29 is 9.59 Å². The smallest absolute Gasteiger partial charge is 0.202 e. The Morgan fingerprint density at radius 3 is 2.50 bits per heavy atom. The Morgan fingerprint density at radius 1 is 1.17 bits per heavy atom. The number of fused-ring (bicyclic) bond motifs is 1. The van der Waals surface area contributed by atoms with Crippen molar-refractivity contribution in [1.29, 1.82) is 0 Å². The van der Waals surface area contributed by atoms with Gasteiger partial charge in [0.2, 0.25) is 5.78 Å². The number of hydrogen-bond acceptors (Lipinski definition) is 2. The molecule has 0 amide bonds. The van der Waals surface area contributed by atoms with Crippen molar-refractivity contribution in [3.8, 4) is 0 Å². The number of aromatic amines is 1. The van der Waals surface area contributed by atoms with Crippen molar-refractivity contribution in [3.63, 3.8) is 0 Å². The van der Waals surface area contributed by atoms with E-state index in [2.05, 4.69) is 4.98 Å². The second kappa shape index (κ2) is 2.17. The van der Waals surface area contributed by atoms with Crippen LogP contribution in [0, 0.1) is 6.92 Å². The van der Waals surface area contributed by atoms with Gasteiger partial charge in [0.05, 0.1) is 11.3 Å². The molecule has 1 N–H and O–H groups in total. The van der Waals surface area contributed by atoms with Crippen LogP contribution in [0.4, 0.5) is 0 Å². The molecule has 0 atom stereocenters. The molecule has 2 rings (SSSR count). The van der Waals surface area contributed by atoms with E-state index in [0.29, 0.717) is 11.3 Å². The topological polar surface area (TPSA) is 49.9 Å². The summed E-state index contributed by atoms with van der Waals surface area (Å²) < 4.78 is 0. The first-order valence-electron chi connectivity index (χ1n) is 3.65. The number of nitrogens with one attached hydrogen (secondary N) is 1. The van der Waals surface area contributed by atoms with Gasteiger partial charge in [-0.1, -0.05) is 0 Å². The molecule has 3 heteroatoms. The highest BCUT2D eigenvalue weighted by molar-refractivity contribution is 6.21. The minimum atomic E-state index is -0.127. The van der Waals surface area contributed by atoms with E-state index >= 15 is 0 Å². The predicted molar refractivity (Wildman–Crippen MR) is 43.3 cm³/mol. The van der Waals surface area contributed by atoms with Crippen LogP contribution in [0.25, 0.3) is 0 Å². The fourth-order valence-corrected chi connectivity index (χ4v) is 1.30. The molecule has 1 aliphatic carbocycles. The monoisotopic (exact) mass is 161 g/mol. The SMILES string of the molecule is Cc1cc2c([nH]1)C(=O)C=CC2=O. The van der Waals surface area contributed by atoms with E-state index in [1.54, 1.807) is 6.07 Å². The van der Waals surface area contributed by atoms with Crippen LogP contribution in [0.3, 0.4) is 0 Å². The molecule has 0 fully saturated rings. The number of hydrogen-bond donors (Lipinski definition) is 1. The van der Waals surface area contributed by atoms with E-state index in [-0.39, 0.29) is 11.6 Å². The maximum atomic E-state index is 11.2. The average molecular weight is 161 g/mol. The molecule has 1 aliphatic rings. The third-order valence-corrected chi connectivity index (χ3v) is 1.85.